The molecule has 5 heteroatoms. The van der Waals surface area contributed by atoms with Gasteiger partial charge < -0.3 is 5.32 Å². The van der Waals surface area contributed by atoms with E-state index < -0.39 is 0 Å². The number of aryl methyl sites for hydroxylation is 2. The minimum atomic E-state index is 0.556. The quantitative estimate of drug-likeness (QED) is 0.606. The molecule has 3 aromatic heterocycles. The summed E-state index contributed by atoms with van der Waals surface area (Å²) in [6.45, 7) is 2.26. The summed E-state index contributed by atoms with van der Waals surface area (Å²) in [5.41, 5.74) is 5.52. The van der Waals surface area contributed by atoms with Crippen molar-refractivity contribution in [3.05, 3.63) is 23.1 Å². The van der Waals surface area contributed by atoms with E-state index in [0.29, 0.717) is 6.04 Å². The summed E-state index contributed by atoms with van der Waals surface area (Å²) in [6, 6.07) is 0.556. The smallest absolute Gasteiger partial charge is 0.147 e. The van der Waals surface area contributed by atoms with Gasteiger partial charge in [-0.25, -0.2) is 15.0 Å². The summed E-state index contributed by atoms with van der Waals surface area (Å²) in [5, 5.41) is 5.05. The summed E-state index contributed by atoms with van der Waals surface area (Å²) in [6.07, 6.45) is 15.5. The first-order valence-electron chi connectivity index (χ1n) is 10.7. The van der Waals surface area contributed by atoms with Gasteiger partial charge in [0.2, 0.25) is 0 Å². The van der Waals surface area contributed by atoms with E-state index in [1.54, 1.807) is 17.7 Å². The molecule has 0 radical (unpaired) electrons. The Morgan fingerprint density at radius 1 is 1.07 bits per heavy atom. The molecule has 0 unspecified atom stereocenters. The molecule has 1 N–H and O–H groups in total. The van der Waals surface area contributed by atoms with Crippen molar-refractivity contribution in [1.29, 1.82) is 0 Å². The van der Waals surface area contributed by atoms with Crippen LogP contribution < -0.4 is 5.32 Å². The largest absolute Gasteiger partial charge is 0.366 e. The number of aromatic nitrogens is 3. The molecule has 0 atom stereocenters. The van der Waals surface area contributed by atoms with Gasteiger partial charge in [-0.3, -0.25) is 0 Å². The monoisotopic (exact) mass is 380 g/mol. The summed E-state index contributed by atoms with van der Waals surface area (Å²) >= 11 is 1.79. The summed E-state index contributed by atoms with van der Waals surface area (Å²) in [4.78, 5) is 15.6. The van der Waals surface area contributed by atoms with Gasteiger partial charge in [0.1, 0.15) is 17.0 Å². The van der Waals surface area contributed by atoms with E-state index in [0.717, 1.165) is 17.8 Å². The van der Waals surface area contributed by atoms with Crippen LogP contribution in [0.5, 0.6) is 0 Å². The minimum absolute atomic E-state index is 0.556. The van der Waals surface area contributed by atoms with Crippen molar-refractivity contribution >= 4 is 37.6 Å². The second-order valence-electron chi connectivity index (χ2n) is 8.13. The molecule has 2 aliphatic rings. The molecular weight excluding hydrogens is 352 g/mol. The van der Waals surface area contributed by atoms with Crippen LogP contribution in [-0.4, -0.2) is 21.0 Å². The van der Waals surface area contributed by atoms with Crippen LogP contribution in [0.3, 0.4) is 0 Å². The van der Waals surface area contributed by atoms with Crippen molar-refractivity contribution < 1.29 is 0 Å². The fraction of sp³-hybridized carbons (Fsp3) is 0.591. The van der Waals surface area contributed by atoms with Crippen molar-refractivity contribution in [3.63, 3.8) is 0 Å². The van der Waals surface area contributed by atoms with Gasteiger partial charge >= 0.3 is 0 Å². The van der Waals surface area contributed by atoms with E-state index >= 15 is 0 Å². The molecule has 142 valence electrons. The molecule has 0 bridgehead atoms. The number of hydrogen-bond donors (Lipinski definition) is 1. The highest BCUT2D eigenvalue weighted by Gasteiger charge is 2.24. The lowest BCUT2D eigenvalue weighted by Gasteiger charge is -2.23. The van der Waals surface area contributed by atoms with Gasteiger partial charge in [0, 0.05) is 17.1 Å². The number of nitrogens with one attached hydrogen (secondary N) is 1. The molecule has 0 aromatic carbocycles. The molecule has 3 aromatic rings. The fourth-order valence-corrected chi connectivity index (χ4v) is 6.00. The molecule has 0 aliphatic heterocycles. The zero-order chi connectivity index (χ0) is 18.2. The Balaban J connectivity index is 1.62. The highest BCUT2D eigenvalue weighted by atomic mass is 32.1. The summed E-state index contributed by atoms with van der Waals surface area (Å²) < 4.78 is 1.20. The van der Waals surface area contributed by atoms with Crippen LogP contribution in [0.25, 0.3) is 20.4 Å². The van der Waals surface area contributed by atoms with Crippen LogP contribution in [0.2, 0.25) is 0 Å². The Hall–Kier alpha value is -1.75. The second kappa shape index (κ2) is 7.34. The molecular formula is C22H28N4S. The molecule has 1 fully saturated rings. The highest BCUT2D eigenvalue weighted by molar-refractivity contribution is 7.26. The third kappa shape index (κ3) is 3.10. The van der Waals surface area contributed by atoms with Crippen molar-refractivity contribution in [2.45, 2.75) is 83.6 Å². The van der Waals surface area contributed by atoms with E-state index in [1.165, 1.54) is 95.9 Å². The second-order valence-corrected chi connectivity index (χ2v) is 9.13. The van der Waals surface area contributed by atoms with Crippen molar-refractivity contribution in [2.24, 2.45) is 0 Å². The van der Waals surface area contributed by atoms with E-state index in [9.17, 15) is 0 Å². The average molecular weight is 381 g/mol. The Labute approximate surface area is 164 Å². The zero-order valence-corrected chi connectivity index (χ0v) is 17.0. The van der Waals surface area contributed by atoms with Crippen molar-refractivity contribution in [2.75, 3.05) is 5.32 Å². The predicted molar refractivity (Wildman–Crippen MR) is 114 cm³/mol. The van der Waals surface area contributed by atoms with Gasteiger partial charge in [-0.05, 0) is 56.1 Å². The SMILES string of the molecule is CCCCc1nc2sc3c(NC4CCCCC4)ncnc3c2c2c1CCC2. The Bertz CT molecular complexity index is 972. The lowest BCUT2D eigenvalue weighted by Crippen LogP contribution is -2.22. The molecule has 3 heterocycles. The number of thiophene rings is 1. The van der Waals surface area contributed by atoms with Gasteiger partial charge in [0.05, 0.1) is 10.2 Å². The molecule has 2 aliphatic carbocycles. The summed E-state index contributed by atoms with van der Waals surface area (Å²) in [7, 11) is 0. The van der Waals surface area contributed by atoms with Crippen LogP contribution in [0.15, 0.2) is 6.33 Å². The van der Waals surface area contributed by atoms with Gasteiger partial charge in [0.25, 0.3) is 0 Å². The first kappa shape index (κ1) is 17.4. The molecule has 0 amide bonds. The lowest BCUT2D eigenvalue weighted by atomic mass is 9.95. The first-order chi connectivity index (χ1) is 13.3. The predicted octanol–water partition coefficient (Wildman–Crippen LogP) is 5.82. The van der Waals surface area contributed by atoms with Crippen LogP contribution in [0.4, 0.5) is 5.82 Å². The van der Waals surface area contributed by atoms with Crippen LogP contribution in [-0.2, 0) is 19.3 Å². The fourth-order valence-electron chi connectivity index (χ4n) is 4.87. The Morgan fingerprint density at radius 3 is 2.78 bits per heavy atom. The number of rotatable bonds is 5. The van der Waals surface area contributed by atoms with E-state index in [1.807, 2.05) is 0 Å². The van der Waals surface area contributed by atoms with E-state index in [2.05, 4.69) is 17.2 Å². The van der Waals surface area contributed by atoms with Gasteiger partial charge in [-0.1, -0.05) is 32.6 Å². The average Bonchev–Trinajstić information content (AvgIpc) is 3.31. The maximum absolute atomic E-state index is 5.13. The van der Waals surface area contributed by atoms with Gasteiger partial charge in [-0.2, -0.15) is 0 Å². The van der Waals surface area contributed by atoms with E-state index in [4.69, 9.17) is 9.97 Å². The number of unbranched alkanes of at least 4 members (excludes halogenated alkanes) is 1. The standard InChI is InChI=1S/C22H28N4S/c1-2-3-12-17-15-10-7-11-16(15)18-19-20(27-22(18)26-17)21(24-13-23-19)25-14-8-5-4-6-9-14/h13-14H,2-12H2,1H3,(H,23,24,25). The first-order valence-corrected chi connectivity index (χ1v) is 11.5. The van der Waals surface area contributed by atoms with Crippen LogP contribution in [0.1, 0.15) is 75.1 Å². The molecule has 0 saturated heterocycles. The zero-order valence-electron chi connectivity index (χ0n) is 16.2. The van der Waals surface area contributed by atoms with Crippen molar-refractivity contribution in [3.8, 4) is 0 Å². The minimum Gasteiger partial charge on any atom is -0.366 e. The van der Waals surface area contributed by atoms with Crippen molar-refractivity contribution in [1.82, 2.24) is 15.0 Å². The van der Waals surface area contributed by atoms with E-state index in [-0.39, 0.29) is 0 Å². The number of hydrogen-bond acceptors (Lipinski definition) is 5. The van der Waals surface area contributed by atoms with Gasteiger partial charge in [-0.15, -0.1) is 11.3 Å². The highest BCUT2D eigenvalue weighted by Crippen LogP contribution is 2.41. The number of pyridine rings is 1. The van der Waals surface area contributed by atoms with Crippen LogP contribution >= 0.6 is 11.3 Å². The number of fused-ring (bicyclic) bond motifs is 5. The number of anilines is 1. The molecule has 27 heavy (non-hydrogen) atoms. The third-order valence-corrected chi connectivity index (χ3v) is 7.35. The Kier molecular flexibility index (Phi) is 4.72. The third-order valence-electron chi connectivity index (χ3n) is 6.27. The van der Waals surface area contributed by atoms with Crippen LogP contribution in [0, 0.1) is 0 Å². The summed E-state index contributed by atoms with van der Waals surface area (Å²) in [5.74, 6) is 1.02. The lowest BCUT2D eigenvalue weighted by molar-refractivity contribution is 0.462. The maximum atomic E-state index is 5.13. The van der Waals surface area contributed by atoms with Gasteiger partial charge in [0.15, 0.2) is 0 Å². The normalized spacial score (nSPS) is 17.7. The Morgan fingerprint density at radius 2 is 1.93 bits per heavy atom. The topological polar surface area (TPSA) is 50.7 Å². The molecule has 0 spiro atoms. The maximum Gasteiger partial charge on any atom is 0.147 e. The number of nitrogens with zero attached hydrogens (tertiary/aromatic N) is 3. The molecule has 5 rings (SSSR count). The molecule has 4 nitrogen and oxygen atoms in total. The molecule has 1 saturated carbocycles.